The zero-order valence-electron chi connectivity index (χ0n) is 23.0. The van der Waals surface area contributed by atoms with E-state index in [1.807, 2.05) is 12.1 Å². The monoisotopic (exact) mass is 547 g/mol. The molecule has 0 aliphatic heterocycles. The molecule has 1 saturated carbocycles. The van der Waals surface area contributed by atoms with Gasteiger partial charge in [-0.3, -0.25) is 4.79 Å². The summed E-state index contributed by atoms with van der Waals surface area (Å²) >= 11 is 0. The van der Waals surface area contributed by atoms with E-state index in [9.17, 15) is 18.0 Å². The normalized spacial score (nSPS) is 19.8. The summed E-state index contributed by atoms with van der Waals surface area (Å²) in [5.41, 5.74) is 3.08. The van der Waals surface area contributed by atoms with Crippen molar-refractivity contribution in [1.29, 1.82) is 0 Å². The Kier molecular flexibility index (Phi) is 8.61. The first-order valence-electron chi connectivity index (χ1n) is 13.3. The highest BCUT2D eigenvalue weighted by molar-refractivity contribution is 5.83. The minimum absolute atomic E-state index is 0.166. The number of imidazole rings is 1. The number of hydrogen-bond acceptors (Lipinski definition) is 6. The lowest BCUT2D eigenvalue weighted by atomic mass is 9.74. The second-order valence-electron chi connectivity index (χ2n) is 10.6. The van der Waals surface area contributed by atoms with Gasteiger partial charge >= 0.3 is 12.3 Å². The fourth-order valence-electron chi connectivity index (χ4n) is 5.63. The second kappa shape index (κ2) is 11.8. The number of fused-ring (bicyclic) bond motifs is 1. The van der Waals surface area contributed by atoms with Crippen molar-refractivity contribution in [3.05, 3.63) is 42.0 Å². The molecule has 7 nitrogen and oxygen atoms in total. The summed E-state index contributed by atoms with van der Waals surface area (Å²) in [4.78, 5) is 16.7. The van der Waals surface area contributed by atoms with Crippen molar-refractivity contribution in [3.8, 4) is 11.5 Å². The zero-order chi connectivity index (χ0) is 28.3. The van der Waals surface area contributed by atoms with Crippen LogP contribution in [0.1, 0.15) is 58.1 Å². The number of carbonyl (C=O) groups is 1. The molecule has 0 bridgehead atoms. The third-order valence-electron chi connectivity index (χ3n) is 7.58. The lowest BCUT2D eigenvalue weighted by Gasteiger charge is -2.39. The number of nitrogens with one attached hydrogen (secondary N) is 1. The topological polar surface area (TPSA) is 74.6 Å². The highest BCUT2D eigenvalue weighted by atomic mass is 19.4. The average Bonchev–Trinajstić information content (AvgIpc) is 3.22. The summed E-state index contributed by atoms with van der Waals surface area (Å²) in [5.74, 6) is 2.08. The number of anilines is 2. The number of hydrogen-bond donors (Lipinski definition) is 1. The van der Waals surface area contributed by atoms with Crippen LogP contribution in [0.15, 0.2) is 36.4 Å². The summed E-state index contributed by atoms with van der Waals surface area (Å²) in [6.07, 6.45) is -0.856. The number of esters is 1. The van der Waals surface area contributed by atoms with E-state index in [0.717, 1.165) is 35.9 Å². The number of aromatic nitrogens is 2. The first-order valence-corrected chi connectivity index (χ1v) is 13.3. The first-order chi connectivity index (χ1) is 18.5. The molecule has 0 unspecified atom stereocenters. The molecule has 4 rings (SSSR count). The summed E-state index contributed by atoms with van der Waals surface area (Å²) in [7, 11) is 2.97. The Labute approximate surface area is 226 Å². The van der Waals surface area contributed by atoms with Gasteiger partial charge in [0.2, 0.25) is 5.95 Å². The van der Waals surface area contributed by atoms with Gasteiger partial charge in [0.05, 0.1) is 25.3 Å². The average molecular weight is 548 g/mol. The molecule has 1 aromatic heterocycles. The molecule has 3 aromatic rings. The lowest BCUT2D eigenvalue weighted by Crippen LogP contribution is -2.30. The maximum absolute atomic E-state index is 12.6. The molecule has 1 N–H and O–H groups in total. The van der Waals surface area contributed by atoms with Crippen molar-refractivity contribution in [3.63, 3.8) is 0 Å². The van der Waals surface area contributed by atoms with Crippen molar-refractivity contribution < 1.29 is 32.2 Å². The molecule has 212 valence electrons. The lowest BCUT2D eigenvalue weighted by molar-refractivity contribution is -0.274. The molecule has 0 spiro atoms. The summed E-state index contributed by atoms with van der Waals surface area (Å²) < 4.78 is 54.6. The smallest absolute Gasteiger partial charge is 0.496 e. The van der Waals surface area contributed by atoms with Crippen molar-refractivity contribution in [1.82, 2.24) is 9.55 Å². The Morgan fingerprint density at radius 1 is 1.15 bits per heavy atom. The van der Waals surface area contributed by atoms with Crippen LogP contribution < -0.4 is 14.8 Å². The van der Waals surface area contributed by atoms with Crippen LogP contribution in [0.3, 0.4) is 0 Å². The largest absolute Gasteiger partial charge is 0.573 e. The minimum Gasteiger partial charge on any atom is -0.496 e. The molecular weight excluding hydrogens is 511 g/mol. The maximum Gasteiger partial charge on any atom is 0.573 e. The molecule has 1 aliphatic rings. The number of benzene rings is 2. The fraction of sp³-hybridized carbons (Fsp3) is 0.517. The number of alkyl halides is 3. The van der Waals surface area contributed by atoms with Crippen molar-refractivity contribution in [2.45, 2.75) is 65.3 Å². The van der Waals surface area contributed by atoms with E-state index in [4.69, 9.17) is 14.5 Å². The predicted octanol–water partition coefficient (Wildman–Crippen LogP) is 7.43. The number of nitrogens with zero attached hydrogens (tertiary/aromatic N) is 2. The van der Waals surface area contributed by atoms with Gasteiger partial charge in [0.25, 0.3) is 0 Å². The Bertz CT molecular complexity index is 1290. The number of ether oxygens (including phenoxy) is 3. The second-order valence-corrected chi connectivity index (χ2v) is 10.6. The molecule has 0 radical (unpaired) electrons. The molecule has 1 aliphatic carbocycles. The maximum atomic E-state index is 12.6. The number of aryl methyl sites for hydroxylation is 1. The van der Waals surface area contributed by atoms with E-state index in [-0.39, 0.29) is 24.2 Å². The Morgan fingerprint density at radius 2 is 1.87 bits per heavy atom. The van der Waals surface area contributed by atoms with Crippen molar-refractivity contribution >= 4 is 28.6 Å². The number of rotatable bonds is 9. The quantitative estimate of drug-likeness (QED) is 0.281. The van der Waals surface area contributed by atoms with Gasteiger partial charge in [-0.15, -0.1) is 13.2 Å². The highest BCUT2D eigenvalue weighted by Gasteiger charge is 2.35. The SMILES string of the molecule is COC(=O)CCc1cc2nc(Nc3ccc(OC(F)(F)F)cc3)n([C@@H]3C[C@H](C)CC[C@@H]3C(C)C)c2cc1OC. The minimum atomic E-state index is -4.75. The van der Waals surface area contributed by atoms with Gasteiger partial charge in [-0.05, 0) is 72.9 Å². The highest BCUT2D eigenvalue weighted by Crippen LogP contribution is 2.45. The van der Waals surface area contributed by atoms with E-state index in [1.165, 1.54) is 31.4 Å². The fourth-order valence-corrected chi connectivity index (χ4v) is 5.63. The molecule has 3 atom stereocenters. The molecule has 1 heterocycles. The number of methoxy groups -OCH3 is 2. The van der Waals surface area contributed by atoms with Gasteiger partial charge in [0.15, 0.2) is 0 Å². The van der Waals surface area contributed by atoms with Gasteiger partial charge in [0, 0.05) is 24.2 Å². The molecule has 2 aromatic carbocycles. The van der Waals surface area contributed by atoms with Crippen LogP contribution in [0, 0.1) is 17.8 Å². The van der Waals surface area contributed by atoms with Gasteiger partial charge in [-0.2, -0.15) is 0 Å². The third-order valence-corrected chi connectivity index (χ3v) is 7.58. The first kappa shape index (κ1) is 28.6. The molecule has 39 heavy (non-hydrogen) atoms. The van der Waals surface area contributed by atoms with Crippen LogP contribution in [-0.4, -0.2) is 36.1 Å². The van der Waals surface area contributed by atoms with Gasteiger partial charge in [-0.1, -0.05) is 27.2 Å². The standard InChI is InChI=1S/C29H36F3N3O4/c1-17(2)22-12-6-18(3)14-24(22)35-25-16-26(37-4)19(7-13-27(36)38-5)15-23(25)34-28(35)33-20-8-10-21(11-9-20)39-29(30,31)32/h8-11,15-18,22,24H,6-7,12-14H2,1-5H3,(H,33,34)/t18-,22-,24-/m1/s1. The van der Waals surface area contributed by atoms with Crippen LogP contribution >= 0.6 is 0 Å². The number of carbonyl (C=O) groups excluding carboxylic acids is 1. The zero-order valence-corrected chi connectivity index (χ0v) is 23.0. The van der Waals surface area contributed by atoms with Crippen molar-refractivity contribution in [2.75, 3.05) is 19.5 Å². The summed E-state index contributed by atoms with van der Waals surface area (Å²) in [6, 6.07) is 9.70. The van der Waals surface area contributed by atoms with Crippen LogP contribution in [0.5, 0.6) is 11.5 Å². The Morgan fingerprint density at radius 3 is 2.49 bits per heavy atom. The molecular formula is C29H36F3N3O4. The van der Waals surface area contributed by atoms with Gasteiger partial charge in [-0.25, -0.2) is 4.98 Å². The van der Waals surface area contributed by atoms with Gasteiger partial charge < -0.3 is 24.1 Å². The number of halogens is 3. The van der Waals surface area contributed by atoms with Crippen LogP contribution in [0.4, 0.5) is 24.8 Å². The van der Waals surface area contributed by atoms with E-state index >= 15 is 0 Å². The Hall–Kier alpha value is -3.43. The van der Waals surface area contributed by atoms with E-state index in [0.29, 0.717) is 41.6 Å². The van der Waals surface area contributed by atoms with Crippen LogP contribution in [0.25, 0.3) is 11.0 Å². The van der Waals surface area contributed by atoms with E-state index in [2.05, 4.69) is 35.4 Å². The van der Waals surface area contributed by atoms with Crippen molar-refractivity contribution in [2.24, 2.45) is 17.8 Å². The van der Waals surface area contributed by atoms with E-state index in [1.54, 1.807) is 7.11 Å². The Balaban J connectivity index is 1.79. The molecule has 0 amide bonds. The third kappa shape index (κ3) is 6.78. The van der Waals surface area contributed by atoms with E-state index < -0.39 is 6.36 Å². The predicted molar refractivity (Wildman–Crippen MR) is 143 cm³/mol. The molecule has 0 saturated heterocycles. The summed E-state index contributed by atoms with van der Waals surface area (Å²) in [5, 5.41) is 3.34. The van der Waals surface area contributed by atoms with Crippen LogP contribution in [-0.2, 0) is 16.0 Å². The molecule has 10 heteroatoms. The summed E-state index contributed by atoms with van der Waals surface area (Å²) in [6.45, 7) is 6.75. The van der Waals surface area contributed by atoms with Gasteiger partial charge in [0.1, 0.15) is 11.5 Å². The van der Waals surface area contributed by atoms with Crippen LogP contribution in [0.2, 0.25) is 0 Å². The molecule has 1 fully saturated rings.